The average molecular weight is 124 g/mol. The first kappa shape index (κ1) is 5.88. The second-order valence-electron chi connectivity index (χ2n) is 1.71. The fraction of sp³-hybridized carbons (Fsp3) is 0.167. The van der Waals surface area contributed by atoms with E-state index in [2.05, 4.69) is 10.3 Å². The predicted octanol–water partition coefficient (Wildman–Crippen LogP) is 0.869. The van der Waals surface area contributed by atoms with Crippen LogP contribution in [0.3, 0.4) is 0 Å². The van der Waals surface area contributed by atoms with Crippen molar-refractivity contribution in [1.29, 1.82) is 0 Å². The minimum atomic E-state index is 0.597. The third-order valence-corrected chi connectivity index (χ3v) is 1.12. The SMILES string of the molecule is CNc1c[nH]c(C=O)c1. The molecule has 9 heavy (non-hydrogen) atoms. The molecule has 0 fully saturated rings. The largest absolute Gasteiger partial charge is 0.387 e. The van der Waals surface area contributed by atoms with Crippen molar-refractivity contribution in [2.75, 3.05) is 12.4 Å². The Hall–Kier alpha value is -1.25. The summed E-state index contributed by atoms with van der Waals surface area (Å²) in [5.41, 5.74) is 1.52. The van der Waals surface area contributed by atoms with Crippen LogP contribution in [0.2, 0.25) is 0 Å². The Bertz CT molecular complexity index is 205. The van der Waals surface area contributed by atoms with Crippen LogP contribution in [-0.2, 0) is 0 Å². The van der Waals surface area contributed by atoms with Crippen LogP contribution in [0, 0.1) is 0 Å². The summed E-state index contributed by atoms with van der Waals surface area (Å²) in [6, 6.07) is 1.74. The summed E-state index contributed by atoms with van der Waals surface area (Å²) in [4.78, 5) is 12.9. The van der Waals surface area contributed by atoms with Crippen LogP contribution in [-0.4, -0.2) is 18.3 Å². The van der Waals surface area contributed by atoms with Gasteiger partial charge in [-0.25, -0.2) is 0 Å². The van der Waals surface area contributed by atoms with Crippen LogP contribution in [0.4, 0.5) is 5.69 Å². The van der Waals surface area contributed by atoms with Crippen LogP contribution in [0.25, 0.3) is 0 Å². The molecule has 1 aromatic heterocycles. The maximum absolute atomic E-state index is 10.1. The minimum Gasteiger partial charge on any atom is -0.387 e. The zero-order valence-corrected chi connectivity index (χ0v) is 5.14. The number of hydrogen-bond acceptors (Lipinski definition) is 2. The van der Waals surface area contributed by atoms with Gasteiger partial charge in [0.05, 0.1) is 11.4 Å². The van der Waals surface area contributed by atoms with E-state index in [4.69, 9.17) is 0 Å². The topological polar surface area (TPSA) is 44.9 Å². The van der Waals surface area contributed by atoms with Crippen LogP contribution in [0.15, 0.2) is 12.3 Å². The molecule has 1 aromatic rings. The monoisotopic (exact) mass is 124 g/mol. The predicted molar refractivity (Wildman–Crippen MR) is 35.7 cm³/mol. The maximum atomic E-state index is 10.1. The highest BCUT2D eigenvalue weighted by atomic mass is 16.1. The van der Waals surface area contributed by atoms with Crippen molar-refractivity contribution < 1.29 is 4.79 Å². The fourth-order valence-electron chi connectivity index (χ4n) is 0.624. The van der Waals surface area contributed by atoms with E-state index in [-0.39, 0.29) is 0 Å². The molecule has 0 amide bonds. The van der Waals surface area contributed by atoms with Crippen LogP contribution < -0.4 is 5.32 Å². The van der Waals surface area contributed by atoms with Gasteiger partial charge in [-0.2, -0.15) is 0 Å². The number of aldehydes is 1. The quantitative estimate of drug-likeness (QED) is 0.574. The van der Waals surface area contributed by atoms with Gasteiger partial charge in [-0.05, 0) is 6.07 Å². The average Bonchev–Trinajstić information content (AvgIpc) is 2.34. The Balaban J connectivity index is 2.86. The summed E-state index contributed by atoms with van der Waals surface area (Å²) in [6.07, 6.45) is 2.52. The van der Waals surface area contributed by atoms with E-state index in [1.54, 1.807) is 19.3 Å². The lowest BCUT2D eigenvalue weighted by Crippen LogP contribution is -1.82. The lowest BCUT2D eigenvalue weighted by molar-refractivity contribution is 0.111. The molecular weight excluding hydrogens is 116 g/mol. The molecule has 0 aromatic carbocycles. The zero-order chi connectivity index (χ0) is 6.69. The van der Waals surface area contributed by atoms with Gasteiger partial charge in [0.15, 0.2) is 6.29 Å². The van der Waals surface area contributed by atoms with E-state index in [0.29, 0.717) is 5.69 Å². The first-order valence-corrected chi connectivity index (χ1v) is 2.68. The van der Waals surface area contributed by atoms with Gasteiger partial charge in [0, 0.05) is 13.2 Å². The van der Waals surface area contributed by atoms with E-state index >= 15 is 0 Å². The van der Waals surface area contributed by atoms with Crippen molar-refractivity contribution >= 4 is 12.0 Å². The molecule has 0 saturated heterocycles. The molecule has 1 rings (SSSR count). The van der Waals surface area contributed by atoms with Crippen molar-refractivity contribution in [3.63, 3.8) is 0 Å². The molecule has 0 saturated carbocycles. The molecular formula is C6H8N2O. The number of aromatic nitrogens is 1. The number of aromatic amines is 1. The number of nitrogens with one attached hydrogen (secondary N) is 2. The fourth-order valence-corrected chi connectivity index (χ4v) is 0.624. The van der Waals surface area contributed by atoms with Crippen molar-refractivity contribution in [2.45, 2.75) is 0 Å². The third kappa shape index (κ3) is 1.10. The molecule has 0 bridgehead atoms. The molecule has 2 N–H and O–H groups in total. The van der Waals surface area contributed by atoms with E-state index < -0.39 is 0 Å². The van der Waals surface area contributed by atoms with Gasteiger partial charge in [0.25, 0.3) is 0 Å². The Morgan fingerprint density at radius 3 is 2.89 bits per heavy atom. The molecule has 3 nitrogen and oxygen atoms in total. The van der Waals surface area contributed by atoms with Crippen LogP contribution in [0.5, 0.6) is 0 Å². The molecule has 0 aliphatic heterocycles. The van der Waals surface area contributed by atoms with Crippen molar-refractivity contribution in [1.82, 2.24) is 4.98 Å². The normalized spacial score (nSPS) is 9.00. The molecule has 3 heteroatoms. The molecule has 48 valence electrons. The Kier molecular flexibility index (Phi) is 1.53. The van der Waals surface area contributed by atoms with E-state index in [1.165, 1.54) is 0 Å². The summed E-state index contributed by atoms with van der Waals surface area (Å²) in [5, 5.41) is 2.89. The van der Waals surface area contributed by atoms with Crippen molar-refractivity contribution in [2.24, 2.45) is 0 Å². The van der Waals surface area contributed by atoms with Crippen molar-refractivity contribution in [3.8, 4) is 0 Å². The highest BCUT2D eigenvalue weighted by molar-refractivity contribution is 5.74. The summed E-state index contributed by atoms with van der Waals surface area (Å²) in [7, 11) is 1.80. The lowest BCUT2D eigenvalue weighted by atomic mass is 10.4. The van der Waals surface area contributed by atoms with Gasteiger partial charge in [0.1, 0.15) is 0 Å². The van der Waals surface area contributed by atoms with Crippen molar-refractivity contribution in [3.05, 3.63) is 18.0 Å². The summed E-state index contributed by atoms with van der Waals surface area (Å²) < 4.78 is 0. The third-order valence-electron chi connectivity index (χ3n) is 1.12. The first-order chi connectivity index (χ1) is 4.36. The minimum absolute atomic E-state index is 0.597. The number of anilines is 1. The summed E-state index contributed by atoms with van der Waals surface area (Å²) >= 11 is 0. The molecule has 0 spiro atoms. The van der Waals surface area contributed by atoms with Crippen LogP contribution >= 0.6 is 0 Å². The van der Waals surface area contributed by atoms with Gasteiger partial charge >= 0.3 is 0 Å². The maximum Gasteiger partial charge on any atom is 0.166 e. The molecule has 0 aliphatic rings. The van der Waals surface area contributed by atoms with Gasteiger partial charge in [-0.15, -0.1) is 0 Å². The number of carbonyl (C=O) groups excluding carboxylic acids is 1. The van der Waals surface area contributed by atoms with Crippen LogP contribution in [0.1, 0.15) is 10.5 Å². The number of hydrogen-bond donors (Lipinski definition) is 2. The van der Waals surface area contributed by atoms with E-state index in [9.17, 15) is 4.79 Å². The number of rotatable bonds is 2. The highest BCUT2D eigenvalue weighted by Gasteiger charge is 1.91. The van der Waals surface area contributed by atoms with Gasteiger partial charge in [0.2, 0.25) is 0 Å². The van der Waals surface area contributed by atoms with E-state index in [0.717, 1.165) is 12.0 Å². The lowest BCUT2D eigenvalue weighted by Gasteiger charge is -1.86. The Labute approximate surface area is 53.1 Å². The Morgan fingerprint density at radius 1 is 1.78 bits per heavy atom. The molecule has 0 unspecified atom stereocenters. The number of H-pyrrole nitrogens is 1. The van der Waals surface area contributed by atoms with Gasteiger partial charge in [-0.1, -0.05) is 0 Å². The van der Waals surface area contributed by atoms with E-state index in [1.807, 2.05) is 0 Å². The summed E-state index contributed by atoms with van der Waals surface area (Å²) in [5.74, 6) is 0. The Morgan fingerprint density at radius 2 is 2.56 bits per heavy atom. The molecule has 1 heterocycles. The number of carbonyl (C=O) groups is 1. The van der Waals surface area contributed by atoms with Gasteiger partial charge < -0.3 is 10.3 Å². The van der Waals surface area contributed by atoms with Gasteiger partial charge in [-0.3, -0.25) is 4.79 Å². The second-order valence-corrected chi connectivity index (χ2v) is 1.71. The second kappa shape index (κ2) is 2.35. The molecule has 0 atom stereocenters. The summed E-state index contributed by atoms with van der Waals surface area (Å²) in [6.45, 7) is 0. The molecule has 0 radical (unpaired) electrons. The first-order valence-electron chi connectivity index (χ1n) is 2.68. The standard InChI is InChI=1S/C6H8N2O/c1-7-5-2-6(4-9)8-3-5/h2-4,7-8H,1H3. The highest BCUT2D eigenvalue weighted by Crippen LogP contribution is 2.05. The molecule has 0 aliphatic carbocycles. The zero-order valence-electron chi connectivity index (χ0n) is 5.14. The smallest absolute Gasteiger partial charge is 0.166 e.